The molecule has 1 atom stereocenters. The van der Waals surface area contributed by atoms with Gasteiger partial charge in [-0.05, 0) is 12.8 Å². The summed E-state index contributed by atoms with van der Waals surface area (Å²) in [5.74, 6) is -12.7. The predicted octanol–water partition coefficient (Wildman–Crippen LogP) is 4.94. The lowest BCUT2D eigenvalue weighted by molar-refractivity contribution is -0.282. The van der Waals surface area contributed by atoms with Crippen molar-refractivity contribution in [2.24, 2.45) is 0 Å². The molecular weight excluding hydrogens is 430 g/mol. The zero-order valence-corrected chi connectivity index (χ0v) is 15.7. The summed E-state index contributed by atoms with van der Waals surface area (Å²) < 4.78 is 108. The smallest absolute Gasteiger partial charge is 0.437 e. The molecule has 162 valence electrons. The molecule has 0 bridgehead atoms. The number of hydrogen-bond acceptors (Lipinski definition) is 3. The summed E-state index contributed by atoms with van der Waals surface area (Å²) in [6.07, 6.45) is 1.09. The Morgan fingerprint density at radius 2 is 1.37 bits per heavy atom. The van der Waals surface area contributed by atoms with E-state index >= 15 is 0 Å². The van der Waals surface area contributed by atoms with Gasteiger partial charge in [0.15, 0.2) is 0 Å². The van der Waals surface area contributed by atoms with Crippen LogP contribution in [0.5, 0.6) is 0 Å². The first kappa shape index (κ1) is 26.2. The van der Waals surface area contributed by atoms with Crippen LogP contribution in [0, 0.1) is 0 Å². The maximum atomic E-state index is 13.5. The second-order valence-electron chi connectivity index (χ2n) is 6.13. The molecule has 5 nitrogen and oxygen atoms in total. The SMILES string of the molecule is O=C(O)CCCCCCCCC(Cl)CC(F)(F)C(F)(F)C(F)(F)S(=O)(=O)O. The van der Waals surface area contributed by atoms with Gasteiger partial charge in [0.05, 0.1) is 0 Å². The number of unbranched alkanes of at least 4 members (excludes halogenated alkanes) is 5. The first-order valence-electron chi connectivity index (χ1n) is 8.02. The van der Waals surface area contributed by atoms with Crippen LogP contribution in [0.25, 0.3) is 0 Å². The van der Waals surface area contributed by atoms with Crippen LogP contribution in [0.3, 0.4) is 0 Å². The zero-order chi connectivity index (χ0) is 21.5. The second kappa shape index (κ2) is 10.1. The number of aliphatic carboxylic acids is 1. The van der Waals surface area contributed by atoms with E-state index in [1.807, 2.05) is 0 Å². The molecule has 1 unspecified atom stereocenters. The molecule has 0 spiro atoms. The molecule has 0 rings (SSSR count). The van der Waals surface area contributed by atoms with Crippen molar-refractivity contribution in [3.8, 4) is 0 Å². The summed E-state index contributed by atoms with van der Waals surface area (Å²) in [7, 11) is -6.76. The van der Waals surface area contributed by atoms with Gasteiger partial charge < -0.3 is 5.11 Å². The van der Waals surface area contributed by atoms with Gasteiger partial charge in [-0.15, -0.1) is 11.6 Å². The highest BCUT2D eigenvalue weighted by Crippen LogP contribution is 2.50. The van der Waals surface area contributed by atoms with Crippen molar-refractivity contribution in [1.29, 1.82) is 0 Å². The largest absolute Gasteiger partial charge is 0.481 e. The Morgan fingerprint density at radius 1 is 0.926 bits per heavy atom. The minimum absolute atomic E-state index is 0.0290. The average molecular weight is 451 g/mol. The van der Waals surface area contributed by atoms with E-state index in [-0.39, 0.29) is 19.3 Å². The number of rotatable bonds is 14. The van der Waals surface area contributed by atoms with Crippen LogP contribution in [-0.4, -0.2) is 46.5 Å². The lowest BCUT2D eigenvalue weighted by atomic mass is 10.0. The van der Waals surface area contributed by atoms with Gasteiger partial charge >= 0.3 is 33.2 Å². The van der Waals surface area contributed by atoms with Crippen LogP contribution in [0.4, 0.5) is 26.3 Å². The van der Waals surface area contributed by atoms with Crippen LogP contribution in [0.2, 0.25) is 0 Å². The number of alkyl halides is 7. The van der Waals surface area contributed by atoms with Crippen LogP contribution >= 0.6 is 11.6 Å². The van der Waals surface area contributed by atoms with E-state index in [1.54, 1.807) is 0 Å². The second-order valence-corrected chi connectivity index (χ2v) is 8.21. The minimum Gasteiger partial charge on any atom is -0.481 e. The van der Waals surface area contributed by atoms with E-state index in [2.05, 4.69) is 0 Å². The van der Waals surface area contributed by atoms with Gasteiger partial charge in [-0.2, -0.15) is 34.8 Å². The van der Waals surface area contributed by atoms with Gasteiger partial charge in [0.25, 0.3) is 0 Å². The zero-order valence-electron chi connectivity index (χ0n) is 14.1. The maximum absolute atomic E-state index is 13.5. The van der Waals surface area contributed by atoms with Crippen molar-refractivity contribution in [2.75, 3.05) is 0 Å². The molecule has 0 heterocycles. The summed E-state index contributed by atoms with van der Waals surface area (Å²) in [5.41, 5.74) is 0. The Balaban J connectivity index is 4.43. The summed E-state index contributed by atoms with van der Waals surface area (Å²) in [4.78, 5) is 10.3. The van der Waals surface area contributed by atoms with Gasteiger partial charge in [0.2, 0.25) is 0 Å². The third-order valence-electron chi connectivity index (χ3n) is 3.78. The van der Waals surface area contributed by atoms with Crippen molar-refractivity contribution in [2.45, 2.75) is 80.3 Å². The predicted molar refractivity (Wildman–Crippen MR) is 85.2 cm³/mol. The molecule has 0 aliphatic heterocycles. The summed E-state index contributed by atoms with van der Waals surface area (Å²) in [5, 5.41) is 0.456. The summed E-state index contributed by atoms with van der Waals surface area (Å²) in [6, 6.07) is 0. The van der Waals surface area contributed by atoms with E-state index in [0.29, 0.717) is 32.1 Å². The highest BCUT2D eigenvalue weighted by molar-refractivity contribution is 7.87. The maximum Gasteiger partial charge on any atom is 0.437 e. The van der Waals surface area contributed by atoms with Crippen LogP contribution in [0.15, 0.2) is 0 Å². The van der Waals surface area contributed by atoms with Gasteiger partial charge in [0.1, 0.15) is 0 Å². The molecular formula is C14H21ClF6O5S. The fourth-order valence-electron chi connectivity index (χ4n) is 2.23. The molecule has 27 heavy (non-hydrogen) atoms. The van der Waals surface area contributed by atoms with E-state index in [1.165, 1.54) is 0 Å². The van der Waals surface area contributed by atoms with Gasteiger partial charge in [-0.1, -0.05) is 32.1 Å². The molecule has 0 saturated carbocycles. The molecule has 0 aromatic rings. The minimum atomic E-state index is -6.76. The Bertz CT molecular complexity index is 585. The van der Waals surface area contributed by atoms with Crippen LogP contribution < -0.4 is 0 Å². The highest BCUT2D eigenvalue weighted by Gasteiger charge is 2.77. The molecule has 2 N–H and O–H groups in total. The molecule has 13 heteroatoms. The normalized spacial score (nSPS) is 15.0. The first-order chi connectivity index (χ1) is 12.1. The molecule has 0 aliphatic rings. The molecule has 0 aromatic carbocycles. The van der Waals surface area contributed by atoms with Gasteiger partial charge in [-0.25, -0.2) is 0 Å². The Morgan fingerprint density at radius 3 is 1.81 bits per heavy atom. The fraction of sp³-hybridized carbons (Fsp3) is 0.929. The standard InChI is InChI=1S/C14H21ClF6O5S/c15-10(7-5-3-1-2-4-6-8-11(22)23)9-12(16,17)13(18,19)14(20,21)27(24,25)26/h10H,1-9H2,(H,22,23)(H,24,25,26). The van der Waals surface area contributed by atoms with Gasteiger partial charge in [-0.3, -0.25) is 9.35 Å². The van der Waals surface area contributed by atoms with E-state index in [9.17, 15) is 39.6 Å². The fourth-order valence-corrected chi connectivity index (χ4v) is 3.05. The van der Waals surface area contributed by atoms with Crippen LogP contribution in [-0.2, 0) is 14.9 Å². The average Bonchev–Trinajstić information content (AvgIpc) is 2.47. The van der Waals surface area contributed by atoms with E-state index in [4.69, 9.17) is 21.3 Å². The lowest BCUT2D eigenvalue weighted by Gasteiger charge is -2.31. The monoisotopic (exact) mass is 450 g/mol. The third kappa shape index (κ3) is 7.65. The Kier molecular flexibility index (Phi) is 9.87. The number of hydrogen-bond donors (Lipinski definition) is 2. The summed E-state index contributed by atoms with van der Waals surface area (Å²) >= 11 is 5.50. The number of carbonyl (C=O) groups is 1. The van der Waals surface area contributed by atoms with Gasteiger partial charge in [0, 0.05) is 18.2 Å². The number of halogens is 7. The molecule has 0 amide bonds. The first-order valence-corrected chi connectivity index (χ1v) is 9.90. The van der Waals surface area contributed by atoms with Crippen molar-refractivity contribution in [3.63, 3.8) is 0 Å². The van der Waals surface area contributed by atoms with Crippen molar-refractivity contribution >= 4 is 27.7 Å². The van der Waals surface area contributed by atoms with E-state index < -0.39 is 45.0 Å². The van der Waals surface area contributed by atoms with Crippen molar-refractivity contribution in [1.82, 2.24) is 0 Å². The van der Waals surface area contributed by atoms with Crippen LogP contribution in [0.1, 0.15) is 57.8 Å². The Labute approximate surface area is 157 Å². The molecule has 0 saturated heterocycles. The Hall–Kier alpha value is -0.750. The quantitative estimate of drug-likeness (QED) is 0.169. The van der Waals surface area contributed by atoms with Crippen molar-refractivity contribution < 1.29 is 49.2 Å². The lowest BCUT2D eigenvalue weighted by Crippen LogP contribution is -2.58. The molecule has 0 aromatic heterocycles. The number of carboxylic acids is 1. The van der Waals surface area contributed by atoms with Crippen molar-refractivity contribution in [3.05, 3.63) is 0 Å². The van der Waals surface area contributed by atoms with E-state index in [0.717, 1.165) is 0 Å². The molecule has 0 radical (unpaired) electrons. The summed E-state index contributed by atoms with van der Waals surface area (Å²) in [6.45, 7) is 0. The third-order valence-corrected chi connectivity index (χ3v) is 5.06. The molecule has 0 aliphatic carbocycles. The number of carboxylic acid groups (broad SMARTS) is 1. The highest BCUT2D eigenvalue weighted by atomic mass is 35.5. The molecule has 0 fully saturated rings. The topological polar surface area (TPSA) is 91.7 Å².